The quantitative estimate of drug-likeness (QED) is 0.149. The zero-order valence-electron chi connectivity index (χ0n) is 40.6. The van der Waals surface area contributed by atoms with E-state index in [2.05, 4.69) is 232 Å². The van der Waals surface area contributed by atoms with Gasteiger partial charge in [-0.25, -0.2) is 5.43 Å². The summed E-state index contributed by atoms with van der Waals surface area (Å²) in [5, 5.41) is 5.09. The van der Waals surface area contributed by atoms with Crippen LogP contribution in [0.4, 0.5) is 11.4 Å². The molecule has 7 atom stereocenters. The third kappa shape index (κ3) is 7.30. The molecule has 0 bridgehead atoms. The second-order valence-corrected chi connectivity index (χ2v) is 21.1. The lowest BCUT2D eigenvalue weighted by molar-refractivity contribution is 0.238. The van der Waals surface area contributed by atoms with Gasteiger partial charge in [0, 0.05) is 56.1 Å². The van der Waals surface area contributed by atoms with Crippen molar-refractivity contribution < 1.29 is 0 Å². The molecule has 0 fully saturated rings. The Morgan fingerprint density at radius 3 is 2.34 bits per heavy atom. The third-order valence-electron chi connectivity index (χ3n) is 17.1. The van der Waals surface area contributed by atoms with E-state index >= 15 is 0 Å². The SMILES string of the molecule is CC1=C2c3ccccc3C[C@H](C3=CC([C@H]4C=CC(N(C5=CC6C7=C(C=CCC7)N(c7ccccc7)C6C=C5)c5ccc(-c6ccc7[nH]c8ccccc8c7c6)cc5)CC4)CC=C3)N2N[C@@H]1C1=CCCC=C1. The lowest BCUT2D eigenvalue weighted by atomic mass is 9.76. The van der Waals surface area contributed by atoms with Gasteiger partial charge in [-0.15, -0.1) is 0 Å². The Bertz CT molecular complexity index is 3420. The normalized spacial score (nSPS) is 26.4. The molecule has 71 heavy (non-hydrogen) atoms. The van der Waals surface area contributed by atoms with Crippen LogP contribution in [-0.4, -0.2) is 34.2 Å². The first-order valence-electron chi connectivity index (χ1n) is 26.4. The molecule has 5 aromatic carbocycles. The van der Waals surface area contributed by atoms with Gasteiger partial charge >= 0.3 is 0 Å². The van der Waals surface area contributed by atoms with Gasteiger partial charge in [-0.1, -0.05) is 146 Å². The van der Waals surface area contributed by atoms with Gasteiger partial charge in [0.1, 0.15) is 0 Å². The van der Waals surface area contributed by atoms with E-state index in [-0.39, 0.29) is 24.2 Å². The van der Waals surface area contributed by atoms with Gasteiger partial charge in [-0.3, -0.25) is 5.01 Å². The molecule has 350 valence electrons. The molecule has 3 aliphatic heterocycles. The van der Waals surface area contributed by atoms with Gasteiger partial charge in [0.15, 0.2) is 0 Å². The van der Waals surface area contributed by atoms with E-state index in [1.165, 1.54) is 89.2 Å². The number of rotatable bonds is 8. The van der Waals surface area contributed by atoms with Crippen LogP contribution in [0.5, 0.6) is 0 Å². The van der Waals surface area contributed by atoms with Crippen LogP contribution in [0, 0.1) is 17.8 Å². The predicted octanol–water partition coefficient (Wildman–Crippen LogP) is 15.0. The molecule has 4 heterocycles. The molecule has 2 N–H and O–H groups in total. The summed E-state index contributed by atoms with van der Waals surface area (Å²) < 4.78 is 0. The Hall–Kier alpha value is -7.34. The van der Waals surface area contributed by atoms with Crippen LogP contribution in [-0.2, 0) is 6.42 Å². The average Bonchev–Trinajstić information content (AvgIpc) is 4.11. The van der Waals surface area contributed by atoms with Crippen molar-refractivity contribution in [3.8, 4) is 11.1 Å². The van der Waals surface area contributed by atoms with Crippen LogP contribution in [0.3, 0.4) is 0 Å². The number of allylic oxidation sites excluding steroid dienone is 8. The van der Waals surface area contributed by atoms with Crippen LogP contribution in [0.2, 0.25) is 0 Å². The first kappa shape index (κ1) is 42.5. The van der Waals surface area contributed by atoms with Crippen molar-refractivity contribution in [3.63, 3.8) is 0 Å². The smallest absolute Gasteiger partial charge is 0.0742 e. The summed E-state index contributed by atoms with van der Waals surface area (Å²) in [6, 6.07) is 46.0. The summed E-state index contributed by atoms with van der Waals surface area (Å²) in [4.78, 5) is 8.87. The minimum absolute atomic E-state index is 0.209. The number of aromatic amines is 1. The lowest BCUT2D eigenvalue weighted by Crippen LogP contribution is -2.48. The highest BCUT2D eigenvalue weighted by molar-refractivity contribution is 6.08. The maximum Gasteiger partial charge on any atom is 0.0742 e. The number of hydrogen-bond acceptors (Lipinski definition) is 4. The monoisotopic (exact) mass is 923 g/mol. The maximum atomic E-state index is 4.05. The molecule has 5 heteroatoms. The summed E-state index contributed by atoms with van der Waals surface area (Å²) in [6.45, 7) is 2.35. The molecule has 5 aliphatic carbocycles. The minimum atomic E-state index is 0.209. The number of para-hydroxylation sites is 2. The summed E-state index contributed by atoms with van der Waals surface area (Å²) in [5.41, 5.74) is 24.1. The molecule has 0 radical (unpaired) electrons. The number of aromatic nitrogens is 1. The first-order chi connectivity index (χ1) is 35.1. The Morgan fingerprint density at radius 2 is 1.46 bits per heavy atom. The van der Waals surface area contributed by atoms with Crippen LogP contribution in [0.15, 0.2) is 234 Å². The van der Waals surface area contributed by atoms with Crippen molar-refractivity contribution in [1.82, 2.24) is 15.4 Å². The molecule has 1 aromatic heterocycles. The van der Waals surface area contributed by atoms with E-state index in [0.29, 0.717) is 17.8 Å². The predicted molar refractivity (Wildman–Crippen MR) is 295 cm³/mol. The Balaban J connectivity index is 0.781. The summed E-state index contributed by atoms with van der Waals surface area (Å²) >= 11 is 0. The molecule has 0 spiro atoms. The molecule has 0 saturated carbocycles. The maximum absolute atomic E-state index is 4.05. The van der Waals surface area contributed by atoms with Gasteiger partial charge < -0.3 is 14.8 Å². The van der Waals surface area contributed by atoms with Crippen molar-refractivity contribution in [2.75, 3.05) is 9.80 Å². The fraction of sp³-hybridized carbons (Fsp3) is 0.242. The van der Waals surface area contributed by atoms with E-state index in [9.17, 15) is 0 Å². The average molecular weight is 924 g/mol. The molecule has 0 saturated heterocycles. The number of anilines is 2. The number of H-pyrrole nitrogens is 1. The summed E-state index contributed by atoms with van der Waals surface area (Å²) in [7, 11) is 0. The second-order valence-electron chi connectivity index (χ2n) is 21.1. The van der Waals surface area contributed by atoms with E-state index in [1.54, 1.807) is 5.57 Å². The Labute approximate surface area is 418 Å². The zero-order chi connectivity index (χ0) is 47.0. The van der Waals surface area contributed by atoms with Crippen molar-refractivity contribution in [2.45, 2.75) is 82.5 Å². The van der Waals surface area contributed by atoms with Gasteiger partial charge in [0.2, 0.25) is 0 Å². The molecule has 14 rings (SSSR count). The van der Waals surface area contributed by atoms with Crippen LogP contribution >= 0.6 is 0 Å². The lowest BCUT2D eigenvalue weighted by Gasteiger charge is -2.41. The number of hydrazine groups is 1. The first-order valence-corrected chi connectivity index (χ1v) is 26.4. The number of nitrogens with zero attached hydrogens (tertiary/aromatic N) is 3. The van der Waals surface area contributed by atoms with E-state index in [0.717, 1.165) is 51.4 Å². The van der Waals surface area contributed by atoms with Crippen LogP contribution < -0.4 is 15.2 Å². The third-order valence-corrected chi connectivity index (χ3v) is 17.1. The van der Waals surface area contributed by atoms with Crippen molar-refractivity contribution in [3.05, 3.63) is 245 Å². The number of hydrogen-bond donors (Lipinski definition) is 2. The molecule has 4 unspecified atom stereocenters. The fourth-order valence-corrected chi connectivity index (χ4v) is 13.6. The van der Waals surface area contributed by atoms with E-state index in [4.69, 9.17) is 0 Å². The molecular weight excluding hydrogens is 863 g/mol. The van der Waals surface area contributed by atoms with Gasteiger partial charge in [0.25, 0.3) is 0 Å². The highest BCUT2D eigenvalue weighted by Crippen LogP contribution is 2.48. The van der Waals surface area contributed by atoms with E-state index in [1.807, 2.05) is 0 Å². The second kappa shape index (κ2) is 17.5. The molecule has 5 nitrogen and oxygen atoms in total. The van der Waals surface area contributed by atoms with Gasteiger partial charge in [-0.05, 0) is 164 Å². The van der Waals surface area contributed by atoms with Crippen LogP contribution in [0.25, 0.3) is 38.6 Å². The topological polar surface area (TPSA) is 37.5 Å². The molecule has 0 amide bonds. The number of benzene rings is 5. The molecule has 8 aliphatic rings. The van der Waals surface area contributed by atoms with Crippen LogP contribution in [0.1, 0.15) is 63.0 Å². The van der Waals surface area contributed by atoms with Gasteiger partial charge in [0.05, 0.1) is 29.9 Å². The molecule has 6 aromatic rings. The van der Waals surface area contributed by atoms with Crippen molar-refractivity contribution in [2.24, 2.45) is 17.8 Å². The van der Waals surface area contributed by atoms with Gasteiger partial charge in [-0.2, -0.15) is 0 Å². The van der Waals surface area contributed by atoms with Crippen molar-refractivity contribution >= 4 is 38.9 Å². The number of nitrogens with one attached hydrogen (secondary N) is 2. The van der Waals surface area contributed by atoms with Crippen molar-refractivity contribution in [1.29, 1.82) is 0 Å². The molecular formula is C66H61N5. The minimum Gasteiger partial charge on any atom is -0.355 e. The Kier molecular flexibility index (Phi) is 10.5. The Morgan fingerprint density at radius 1 is 0.648 bits per heavy atom. The fourth-order valence-electron chi connectivity index (χ4n) is 13.6. The standard InChI is InChI=1S/C66H61N5/c1-43-65(46-15-4-2-5-16-46)68-71-64(41-49-17-8-9-22-55(49)66(43)71)50-19-14-18-47(39-50)44-27-32-52(33-28-44)69(53-34-29-45(30-35-53)48-31-37-61-58(40-48)56-23-10-12-25-60(56)67-61)54-36-38-63-59(42-54)57-24-11-13-26-62(57)70(63)51-20-6-3-7-21-51/h3-4,6-10,12-17,19-23,25-27,29-32,34-40,42,44,47,52,59,63-65,67-68H,2,5,11,18,24,28,33,41H2,1H3/t44-,47?,52?,59?,63?,64+,65-/m0/s1. The summed E-state index contributed by atoms with van der Waals surface area (Å²) in [6.07, 6.45) is 40.9. The largest absolute Gasteiger partial charge is 0.355 e. The van der Waals surface area contributed by atoms with E-state index < -0.39 is 0 Å². The highest BCUT2D eigenvalue weighted by atomic mass is 15.6. The highest BCUT2D eigenvalue weighted by Gasteiger charge is 2.43. The number of fused-ring (bicyclic) bond motifs is 8. The summed E-state index contributed by atoms with van der Waals surface area (Å²) in [5.74, 6) is 1.26. The zero-order valence-corrected chi connectivity index (χ0v) is 40.6.